The molecule has 204 valence electrons. The minimum Gasteiger partial charge on any atom is -0.406 e. The van der Waals surface area contributed by atoms with Crippen molar-refractivity contribution in [1.29, 1.82) is 5.26 Å². The predicted octanol–water partition coefficient (Wildman–Crippen LogP) is 5.32. The van der Waals surface area contributed by atoms with E-state index in [1.165, 1.54) is 18.5 Å². The molecule has 0 unspecified atom stereocenters. The molecule has 10 nitrogen and oxygen atoms in total. The molecule has 0 amide bonds. The largest absolute Gasteiger partial charge is 0.573 e. The number of hydrogen-bond donors (Lipinski definition) is 2. The number of hydrogen-bond acceptors (Lipinski definition) is 9. The third kappa shape index (κ3) is 8.02. The number of nitrogens with one attached hydrogen (secondary N) is 2. The normalized spacial score (nSPS) is 14.6. The summed E-state index contributed by atoms with van der Waals surface area (Å²) in [5.74, 6) is 1.18. The van der Waals surface area contributed by atoms with Crippen LogP contribution in [0.1, 0.15) is 30.9 Å². The first-order valence-electron chi connectivity index (χ1n) is 12.2. The number of nitriles is 1. The van der Waals surface area contributed by atoms with Crippen LogP contribution in [0.15, 0.2) is 53.8 Å². The van der Waals surface area contributed by atoms with E-state index in [-0.39, 0.29) is 11.9 Å². The van der Waals surface area contributed by atoms with Crippen molar-refractivity contribution in [3.05, 3.63) is 59.9 Å². The molecule has 1 aliphatic heterocycles. The van der Waals surface area contributed by atoms with Gasteiger partial charge in [-0.25, -0.2) is 9.97 Å². The van der Waals surface area contributed by atoms with Gasteiger partial charge >= 0.3 is 6.36 Å². The number of nitrogens with zero attached hydrogens (tertiary/aromatic N) is 6. The Morgan fingerprint density at radius 1 is 1.13 bits per heavy atom. The Labute approximate surface area is 223 Å². The van der Waals surface area contributed by atoms with Gasteiger partial charge < -0.3 is 25.0 Å². The summed E-state index contributed by atoms with van der Waals surface area (Å²) in [6, 6.07) is 11.3. The van der Waals surface area contributed by atoms with Gasteiger partial charge in [0.15, 0.2) is 0 Å². The maximum atomic E-state index is 12.3. The molecule has 1 fully saturated rings. The van der Waals surface area contributed by atoms with Crippen LogP contribution in [-0.4, -0.2) is 46.3 Å². The van der Waals surface area contributed by atoms with Gasteiger partial charge in [-0.3, -0.25) is 0 Å². The molecular formula is C26H27F3N8O2. The second kappa shape index (κ2) is 12.4. The van der Waals surface area contributed by atoms with Crippen molar-refractivity contribution in [1.82, 2.24) is 15.0 Å². The van der Waals surface area contributed by atoms with Crippen molar-refractivity contribution in [3.63, 3.8) is 0 Å². The number of piperidine rings is 1. The van der Waals surface area contributed by atoms with Crippen LogP contribution in [-0.2, 0) is 11.3 Å². The average Bonchev–Trinajstić information content (AvgIpc) is 2.90. The summed E-state index contributed by atoms with van der Waals surface area (Å²) in [5.41, 5.74) is 3.28. The van der Waals surface area contributed by atoms with Crippen molar-refractivity contribution in [3.8, 4) is 11.9 Å². The van der Waals surface area contributed by atoms with Crippen LogP contribution in [0.2, 0.25) is 0 Å². The van der Waals surface area contributed by atoms with Crippen LogP contribution in [0.4, 0.5) is 36.4 Å². The molecule has 2 heterocycles. The third-order valence-electron chi connectivity index (χ3n) is 6.04. The number of anilines is 4. The fourth-order valence-corrected chi connectivity index (χ4v) is 4.05. The summed E-state index contributed by atoms with van der Waals surface area (Å²) in [6.45, 7) is 5.31. The standard InChI is InChI=1S/C26H27F3N8O2/c1-17-22(34-18(2)31-15-30)4-3-5-23(17)35-24-32-16-33-25(36-24)37-12-10-20(11-13-37)38-14-19-6-8-21(9-7-19)39-26(27,28)29/h3-9,16,20H,10-14H2,1-2H3,(H,31,34)(H,32,33,35,36). The lowest BCUT2D eigenvalue weighted by atomic mass is 10.1. The van der Waals surface area contributed by atoms with E-state index in [4.69, 9.17) is 10.00 Å². The van der Waals surface area contributed by atoms with E-state index in [2.05, 4.69) is 40.2 Å². The average molecular weight is 541 g/mol. The molecule has 2 N–H and O–H groups in total. The Kier molecular flexibility index (Phi) is 8.77. The lowest BCUT2D eigenvalue weighted by molar-refractivity contribution is -0.274. The number of halogens is 3. The van der Waals surface area contributed by atoms with Crippen LogP contribution in [0.3, 0.4) is 0 Å². The third-order valence-corrected chi connectivity index (χ3v) is 6.04. The molecule has 2 aromatic carbocycles. The monoisotopic (exact) mass is 540 g/mol. The first-order valence-corrected chi connectivity index (χ1v) is 12.2. The van der Waals surface area contributed by atoms with E-state index in [1.807, 2.05) is 25.1 Å². The van der Waals surface area contributed by atoms with Crippen molar-refractivity contribution >= 4 is 29.1 Å². The van der Waals surface area contributed by atoms with Crippen molar-refractivity contribution in [2.24, 2.45) is 4.99 Å². The highest BCUT2D eigenvalue weighted by Gasteiger charge is 2.31. The summed E-state index contributed by atoms with van der Waals surface area (Å²) in [6.07, 6.45) is 0.0183. The fraction of sp³-hybridized carbons (Fsp3) is 0.346. The van der Waals surface area contributed by atoms with Gasteiger partial charge in [0.1, 0.15) is 17.9 Å². The Balaban J connectivity index is 1.30. The van der Waals surface area contributed by atoms with Crippen molar-refractivity contribution < 1.29 is 22.6 Å². The summed E-state index contributed by atoms with van der Waals surface area (Å²) in [4.78, 5) is 18.9. The molecule has 0 aliphatic carbocycles. The SMILES string of the molecule is C/C(=N\C#N)Nc1cccc(Nc2ncnc(N3CCC(OCc4ccc(OC(F)(F)F)cc4)CC3)n2)c1C. The quantitative estimate of drug-likeness (QED) is 0.222. The Bertz CT molecular complexity index is 1330. The molecule has 4 rings (SSSR count). The second-order valence-electron chi connectivity index (χ2n) is 8.82. The van der Waals surface area contributed by atoms with Gasteiger partial charge in [-0.1, -0.05) is 18.2 Å². The van der Waals surface area contributed by atoms with E-state index in [9.17, 15) is 13.2 Å². The fourth-order valence-electron chi connectivity index (χ4n) is 4.05. The zero-order valence-electron chi connectivity index (χ0n) is 21.4. The van der Waals surface area contributed by atoms with Gasteiger partial charge in [0.05, 0.1) is 12.7 Å². The molecule has 3 aromatic rings. The maximum absolute atomic E-state index is 12.3. The molecule has 1 aromatic heterocycles. The number of aliphatic imine (C=N–C) groups is 1. The van der Waals surface area contributed by atoms with Gasteiger partial charge in [0.25, 0.3) is 0 Å². The van der Waals surface area contributed by atoms with Gasteiger partial charge in [0.2, 0.25) is 18.1 Å². The Morgan fingerprint density at radius 3 is 2.54 bits per heavy atom. The molecule has 0 radical (unpaired) electrons. The lowest BCUT2D eigenvalue weighted by Gasteiger charge is -2.32. The summed E-state index contributed by atoms with van der Waals surface area (Å²) in [7, 11) is 0. The Morgan fingerprint density at radius 2 is 1.85 bits per heavy atom. The van der Waals surface area contributed by atoms with Crippen LogP contribution in [0, 0.1) is 18.4 Å². The number of ether oxygens (including phenoxy) is 2. The number of amidine groups is 1. The molecule has 0 bridgehead atoms. The van der Waals surface area contributed by atoms with E-state index in [0.29, 0.717) is 37.4 Å². The van der Waals surface area contributed by atoms with Gasteiger partial charge in [-0.2, -0.15) is 15.2 Å². The smallest absolute Gasteiger partial charge is 0.406 e. The summed E-state index contributed by atoms with van der Waals surface area (Å²) >= 11 is 0. The van der Waals surface area contributed by atoms with E-state index in [0.717, 1.165) is 35.3 Å². The number of rotatable bonds is 8. The number of benzene rings is 2. The number of alkyl halides is 3. The van der Waals surface area contributed by atoms with Crippen LogP contribution >= 0.6 is 0 Å². The molecule has 0 saturated carbocycles. The van der Waals surface area contributed by atoms with E-state index >= 15 is 0 Å². The minimum atomic E-state index is -4.71. The van der Waals surface area contributed by atoms with Gasteiger partial charge in [-0.15, -0.1) is 13.2 Å². The molecule has 39 heavy (non-hydrogen) atoms. The first-order chi connectivity index (χ1) is 18.7. The highest BCUT2D eigenvalue weighted by Crippen LogP contribution is 2.27. The minimum absolute atomic E-state index is 0.0118. The molecule has 1 aliphatic rings. The highest BCUT2D eigenvalue weighted by molar-refractivity contribution is 5.95. The van der Waals surface area contributed by atoms with Crippen molar-refractivity contribution in [2.45, 2.75) is 45.8 Å². The van der Waals surface area contributed by atoms with Gasteiger partial charge in [0, 0.05) is 24.5 Å². The molecule has 0 spiro atoms. The maximum Gasteiger partial charge on any atom is 0.573 e. The van der Waals surface area contributed by atoms with Crippen LogP contribution in [0.5, 0.6) is 5.75 Å². The van der Waals surface area contributed by atoms with E-state index in [1.54, 1.807) is 25.2 Å². The van der Waals surface area contributed by atoms with E-state index < -0.39 is 6.36 Å². The number of aromatic nitrogens is 3. The lowest BCUT2D eigenvalue weighted by Crippen LogP contribution is -2.38. The second-order valence-corrected chi connectivity index (χ2v) is 8.82. The molecule has 1 saturated heterocycles. The molecule has 0 atom stereocenters. The summed E-state index contributed by atoms with van der Waals surface area (Å²) in [5, 5.41) is 15.1. The topological polar surface area (TPSA) is 121 Å². The zero-order chi connectivity index (χ0) is 27.8. The Hall–Kier alpha value is -4.44. The van der Waals surface area contributed by atoms with Crippen LogP contribution < -0.4 is 20.3 Å². The zero-order valence-corrected chi connectivity index (χ0v) is 21.4. The first kappa shape index (κ1) is 27.6. The highest BCUT2D eigenvalue weighted by atomic mass is 19.4. The summed E-state index contributed by atoms with van der Waals surface area (Å²) < 4.78 is 46.8. The molecular weight excluding hydrogens is 513 g/mol. The van der Waals surface area contributed by atoms with Crippen LogP contribution in [0.25, 0.3) is 0 Å². The van der Waals surface area contributed by atoms with Gasteiger partial charge in [-0.05, 0) is 62.1 Å². The van der Waals surface area contributed by atoms with Crippen molar-refractivity contribution in [2.75, 3.05) is 28.6 Å². The predicted molar refractivity (Wildman–Crippen MR) is 140 cm³/mol. The molecule has 13 heteroatoms.